The van der Waals surface area contributed by atoms with E-state index < -0.39 is 5.97 Å². The third-order valence-corrected chi connectivity index (χ3v) is 8.70. The van der Waals surface area contributed by atoms with Crippen LogP contribution in [0.2, 0.25) is 0 Å². The Bertz CT molecular complexity index is 1170. The van der Waals surface area contributed by atoms with Crippen LogP contribution in [0.3, 0.4) is 0 Å². The van der Waals surface area contributed by atoms with E-state index in [0.717, 1.165) is 37.0 Å². The minimum absolute atomic E-state index is 0.116. The summed E-state index contributed by atoms with van der Waals surface area (Å²) in [5.74, 6) is 1.92. The smallest absolute Gasteiger partial charge is 0.330 e. The van der Waals surface area contributed by atoms with Crippen molar-refractivity contribution in [2.24, 2.45) is 45.3 Å². The minimum Gasteiger partial charge on any atom is -0.481 e. The maximum Gasteiger partial charge on any atom is 0.330 e. The zero-order valence-electron chi connectivity index (χ0n) is 42.4. The maximum absolute atomic E-state index is 10.6. The van der Waals surface area contributed by atoms with Gasteiger partial charge in [0.25, 0.3) is 0 Å². The summed E-state index contributed by atoms with van der Waals surface area (Å²) >= 11 is 0. The first-order valence-corrected chi connectivity index (χ1v) is 22.5. The van der Waals surface area contributed by atoms with Gasteiger partial charge in [-0.25, -0.2) is 4.79 Å². The van der Waals surface area contributed by atoms with Crippen LogP contribution in [0.5, 0.6) is 0 Å². The zero-order chi connectivity index (χ0) is 46.9. The molecule has 59 heavy (non-hydrogen) atoms. The average molecular weight is 835 g/mol. The number of methoxy groups -OCH3 is 2. The molecule has 1 aromatic rings. The molecule has 0 unspecified atom stereocenters. The number of nitrogens with one attached hydrogen (secondary N) is 1. The van der Waals surface area contributed by atoms with Gasteiger partial charge in [0.2, 0.25) is 0 Å². The molecule has 2 heterocycles. The maximum atomic E-state index is 10.6. The number of aryl methyl sites for hydroxylation is 1. The Morgan fingerprint density at radius 1 is 0.746 bits per heavy atom. The summed E-state index contributed by atoms with van der Waals surface area (Å²) in [6.45, 7) is 41.8. The topological polar surface area (TPSA) is 115 Å². The number of aliphatic carboxylic acids is 1. The number of hydrogen-bond acceptors (Lipinski definition) is 7. The van der Waals surface area contributed by atoms with Crippen LogP contribution in [-0.2, 0) is 30.3 Å². The number of pyridine rings is 1. The molecule has 2 N–H and O–H groups in total. The summed E-state index contributed by atoms with van der Waals surface area (Å²) in [5.41, 5.74) is 2.65. The standard InChI is InChI=1S/C11H23N.C10H15N.C8H16O2.C8H18.C7H14O2.C7H12O2/c1-11(2,3)7-4-10-5-8-12-9-6-10;1-9(2)6-7-10-5-3-4-8-11-10;1-8(2,3)6-5-7(9)10-4;1-7(2)6-8(3,4)5;1-7(2,3)5-4-6(8)9;1-6(2)4-5-7(8)9-3/h10,12H,4-9H2,1-3H3;3-5,8-9H,6-7H2,1-2H3;5-6H2,1-4H3;7H,6H2,1-5H3;4-5H2,1-3H3,(H,8,9);4-6H,1-3H3/b;;;;;5-4+. The molecule has 1 saturated heterocycles. The number of rotatable bonds is 12. The van der Waals surface area contributed by atoms with Gasteiger partial charge in [-0.15, -0.1) is 0 Å². The summed E-state index contributed by atoms with van der Waals surface area (Å²) in [4.78, 5) is 35.3. The van der Waals surface area contributed by atoms with E-state index in [0.29, 0.717) is 23.2 Å². The summed E-state index contributed by atoms with van der Waals surface area (Å²) < 4.78 is 8.88. The molecule has 0 aromatic carbocycles. The number of carbonyl (C=O) groups excluding carboxylic acids is 2. The van der Waals surface area contributed by atoms with Crippen molar-refractivity contribution in [3.8, 4) is 0 Å². The second-order valence-corrected chi connectivity index (χ2v) is 21.9. The number of carboxylic acid groups (broad SMARTS) is 1. The first-order chi connectivity index (χ1) is 26.8. The Morgan fingerprint density at radius 2 is 1.25 bits per heavy atom. The lowest BCUT2D eigenvalue weighted by Crippen LogP contribution is -2.28. The number of aromatic nitrogens is 1. The molecule has 0 saturated carbocycles. The van der Waals surface area contributed by atoms with Gasteiger partial charge in [-0.1, -0.05) is 137 Å². The van der Waals surface area contributed by atoms with E-state index in [1.54, 1.807) is 6.08 Å². The van der Waals surface area contributed by atoms with E-state index in [2.05, 4.69) is 116 Å². The molecule has 0 aliphatic carbocycles. The van der Waals surface area contributed by atoms with Crippen LogP contribution in [-0.4, -0.2) is 55.3 Å². The SMILES string of the molecule is CC(C)(C)CCC(=O)O.CC(C)(C)CCC1CCNCC1.CC(C)CC(C)(C)C.CC(C)CCc1ccccn1.COC(=O)/C=C/C(C)C.COC(=O)CCC(C)(C)C. The Kier molecular flexibility index (Phi) is 37.2. The van der Waals surface area contributed by atoms with Gasteiger partial charge < -0.3 is 19.9 Å². The predicted molar refractivity (Wildman–Crippen MR) is 254 cm³/mol. The number of hydrogen-bond donors (Lipinski definition) is 2. The highest BCUT2D eigenvalue weighted by atomic mass is 16.5. The highest BCUT2D eigenvalue weighted by Crippen LogP contribution is 2.27. The molecule has 0 spiro atoms. The zero-order valence-corrected chi connectivity index (χ0v) is 42.4. The third-order valence-electron chi connectivity index (χ3n) is 8.70. The second-order valence-electron chi connectivity index (χ2n) is 21.9. The van der Waals surface area contributed by atoms with Crippen molar-refractivity contribution in [3.63, 3.8) is 0 Å². The fourth-order valence-corrected chi connectivity index (χ4v) is 5.41. The lowest BCUT2D eigenvalue weighted by Gasteiger charge is -2.26. The summed E-state index contributed by atoms with van der Waals surface area (Å²) in [6, 6.07) is 6.09. The van der Waals surface area contributed by atoms with Crippen LogP contribution < -0.4 is 5.32 Å². The van der Waals surface area contributed by atoms with Crippen molar-refractivity contribution in [2.45, 2.75) is 195 Å². The Labute approximate surface area is 366 Å². The van der Waals surface area contributed by atoms with Crippen LogP contribution >= 0.6 is 0 Å². The van der Waals surface area contributed by atoms with Crippen molar-refractivity contribution in [2.75, 3.05) is 27.3 Å². The molecule has 1 fully saturated rings. The van der Waals surface area contributed by atoms with E-state index in [4.69, 9.17) is 5.11 Å². The van der Waals surface area contributed by atoms with Gasteiger partial charge in [-0.3, -0.25) is 14.6 Å². The lowest BCUT2D eigenvalue weighted by atomic mass is 9.84. The monoisotopic (exact) mass is 835 g/mol. The largest absolute Gasteiger partial charge is 0.481 e. The number of carboxylic acids is 1. The fraction of sp³-hybridized carbons (Fsp3) is 0.804. The number of allylic oxidation sites excluding steroid dienone is 1. The summed E-state index contributed by atoms with van der Waals surface area (Å²) in [7, 11) is 2.79. The normalized spacial score (nSPS) is 13.3. The minimum atomic E-state index is -0.704. The number of nitrogens with zero attached hydrogens (tertiary/aromatic N) is 1. The second kappa shape index (κ2) is 34.9. The van der Waals surface area contributed by atoms with E-state index in [-0.39, 0.29) is 29.2 Å². The molecule has 0 bridgehead atoms. The van der Waals surface area contributed by atoms with Gasteiger partial charge in [-0.05, 0) is 128 Å². The van der Waals surface area contributed by atoms with Crippen LogP contribution in [0.25, 0.3) is 0 Å². The molecule has 0 radical (unpaired) electrons. The van der Waals surface area contributed by atoms with Gasteiger partial charge in [0.15, 0.2) is 0 Å². The number of piperidine rings is 1. The first-order valence-electron chi connectivity index (χ1n) is 22.5. The van der Waals surface area contributed by atoms with Crippen LogP contribution in [0.4, 0.5) is 0 Å². The molecule has 0 atom stereocenters. The molecule has 2 rings (SSSR count). The van der Waals surface area contributed by atoms with Gasteiger partial charge in [0.05, 0.1) is 14.2 Å². The van der Waals surface area contributed by atoms with E-state index in [1.165, 1.54) is 77.6 Å². The Morgan fingerprint density at radius 3 is 1.58 bits per heavy atom. The van der Waals surface area contributed by atoms with Crippen LogP contribution in [0, 0.1) is 45.3 Å². The summed E-state index contributed by atoms with van der Waals surface area (Å²) in [5, 5.41) is 11.7. The number of ether oxygens (including phenoxy) is 2. The predicted octanol–water partition coefficient (Wildman–Crippen LogP) is 13.8. The van der Waals surface area contributed by atoms with Crippen LogP contribution in [0.15, 0.2) is 36.5 Å². The van der Waals surface area contributed by atoms with Crippen molar-refractivity contribution >= 4 is 17.9 Å². The number of carbonyl (C=O) groups is 3. The van der Waals surface area contributed by atoms with Crippen molar-refractivity contribution < 1.29 is 29.0 Å². The average Bonchev–Trinajstić information content (AvgIpc) is 3.10. The molecule has 8 heteroatoms. The molecule has 1 aromatic heterocycles. The first kappa shape index (κ1) is 62.9. The lowest BCUT2D eigenvalue weighted by molar-refractivity contribution is -0.141. The molecule has 8 nitrogen and oxygen atoms in total. The van der Waals surface area contributed by atoms with Crippen molar-refractivity contribution in [3.05, 3.63) is 42.2 Å². The highest BCUT2D eigenvalue weighted by molar-refractivity contribution is 5.81. The van der Waals surface area contributed by atoms with Gasteiger partial charge in [0, 0.05) is 30.8 Å². The Hall–Kier alpha value is -2.74. The van der Waals surface area contributed by atoms with Gasteiger partial charge >= 0.3 is 17.9 Å². The van der Waals surface area contributed by atoms with Crippen molar-refractivity contribution in [1.82, 2.24) is 10.3 Å². The van der Waals surface area contributed by atoms with E-state index in [1.807, 2.05) is 52.9 Å². The van der Waals surface area contributed by atoms with E-state index >= 15 is 0 Å². The molecular weight excluding hydrogens is 737 g/mol. The van der Waals surface area contributed by atoms with Gasteiger partial charge in [0.1, 0.15) is 0 Å². The summed E-state index contributed by atoms with van der Waals surface area (Å²) in [6.07, 6.45) is 16.8. The molecule has 1 aliphatic heterocycles. The number of esters is 2. The molecule has 0 amide bonds. The van der Waals surface area contributed by atoms with Gasteiger partial charge in [-0.2, -0.15) is 0 Å². The molecular formula is C51H98N2O6. The van der Waals surface area contributed by atoms with Crippen molar-refractivity contribution in [1.29, 1.82) is 0 Å². The van der Waals surface area contributed by atoms with Crippen LogP contribution in [0.1, 0.15) is 195 Å². The Balaban J connectivity index is -0.000000309. The quantitative estimate of drug-likeness (QED) is 0.158. The third kappa shape index (κ3) is 62.1. The van der Waals surface area contributed by atoms with E-state index in [9.17, 15) is 14.4 Å². The molecule has 1 aliphatic rings. The fourth-order valence-electron chi connectivity index (χ4n) is 5.41. The highest BCUT2D eigenvalue weighted by Gasteiger charge is 2.17. The molecule has 348 valence electrons.